The number of nitrogens with one attached hydrogen (secondary N) is 1. The lowest BCUT2D eigenvalue weighted by Crippen LogP contribution is -2.45. The molecule has 0 rings (SSSR count). The largest absolute Gasteiger partial charge is 0.394 e. The Balaban J connectivity index is 3.60. The highest BCUT2D eigenvalue weighted by atomic mass is 16.3. The molecule has 0 aliphatic carbocycles. The van der Waals surface area contributed by atoms with E-state index in [4.69, 9.17) is 0 Å². The minimum Gasteiger partial charge on any atom is -0.394 e. The molecule has 0 fully saturated rings. The maximum atomic E-state index is 12.3. The Kier molecular flexibility index (Phi) is 32.0. The Labute approximate surface area is 255 Å². The van der Waals surface area contributed by atoms with Crippen LogP contribution in [-0.2, 0) is 4.79 Å². The zero-order valence-corrected chi connectivity index (χ0v) is 27.3. The van der Waals surface area contributed by atoms with Crippen LogP contribution in [0, 0.1) is 0 Å². The van der Waals surface area contributed by atoms with Crippen molar-refractivity contribution in [1.29, 1.82) is 0 Å². The van der Waals surface area contributed by atoms with Gasteiger partial charge in [-0.3, -0.25) is 4.79 Å². The summed E-state index contributed by atoms with van der Waals surface area (Å²) in [6.45, 7) is 4.23. The zero-order valence-electron chi connectivity index (χ0n) is 27.3. The Morgan fingerprint density at radius 3 is 1.46 bits per heavy atom. The van der Waals surface area contributed by atoms with E-state index in [1.54, 1.807) is 6.08 Å². The molecule has 0 saturated heterocycles. The topological polar surface area (TPSA) is 69.6 Å². The quantitative estimate of drug-likeness (QED) is 0.0569. The first kappa shape index (κ1) is 39.6. The number of aliphatic hydroxyl groups is 2. The molecule has 0 aromatic rings. The van der Waals surface area contributed by atoms with Crippen molar-refractivity contribution in [2.45, 2.75) is 187 Å². The molecule has 2 atom stereocenters. The fourth-order valence-electron chi connectivity index (χ4n) is 5.07. The Hall–Kier alpha value is -1.39. The Bertz CT molecular complexity index is 628. The fourth-order valence-corrected chi connectivity index (χ4v) is 5.07. The molecule has 4 nitrogen and oxygen atoms in total. The molecule has 4 heteroatoms. The van der Waals surface area contributed by atoms with Gasteiger partial charge in [0.25, 0.3) is 0 Å². The summed E-state index contributed by atoms with van der Waals surface area (Å²) >= 11 is 0. The van der Waals surface area contributed by atoms with Crippen LogP contribution in [0.5, 0.6) is 0 Å². The van der Waals surface area contributed by atoms with Gasteiger partial charge in [0.1, 0.15) is 0 Å². The number of aliphatic hydroxyl groups excluding tert-OH is 2. The van der Waals surface area contributed by atoms with E-state index in [-0.39, 0.29) is 12.5 Å². The van der Waals surface area contributed by atoms with Gasteiger partial charge in [0.15, 0.2) is 0 Å². The Morgan fingerprint density at radius 2 is 0.951 bits per heavy atom. The summed E-state index contributed by atoms with van der Waals surface area (Å²) in [5, 5.41) is 22.7. The molecule has 0 saturated carbocycles. The van der Waals surface area contributed by atoms with Gasteiger partial charge in [0, 0.05) is 6.42 Å². The summed E-state index contributed by atoms with van der Waals surface area (Å²) < 4.78 is 0. The molecule has 240 valence electrons. The highest BCUT2D eigenvalue weighted by Crippen LogP contribution is 2.12. The molecule has 41 heavy (non-hydrogen) atoms. The molecular formula is C37H69NO3. The molecule has 0 aliphatic rings. The number of hydrogen-bond acceptors (Lipinski definition) is 3. The van der Waals surface area contributed by atoms with Gasteiger partial charge in [0.05, 0.1) is 18.8 Å². The lowest BCUT2D eigenvalue weighted by Gasteiger charge is -2.19. The van der Waals surface area contributed by atoms with Crippen molar-refractivity contribution in [2.75, 3.05) is 6.61 Å². The van der Waals surface area contributed by atoms with Crippen LogP contribution in [-0.4, -0.2) is 34.9 Å². The number of carbonyl (C=O) groups is 1. The summed E-state index contributed by atoms with van der Waals surface area (Å²) in [5.74, 6) is -0.0827. The predicted molar refractivity (Wildman–Crippen MR) is 179 cm³/mol. The van der Waals surface area contributed by atoms with Crippen molar-refractivity contribution < 1.29 is 15.0 Å². The SMILES string of the molecule is CCCCC/C=C/CC/C=C/C(O)C(CO)NC(=O)CCCCCCCCC/C=C\CCCCCCCCCCC. The summed E-state index contributed by atoms with van der Waals surface area (Å²) in [6.07, 6.45) is 42.3. The van der Waals surface area contributed by atoms with Crippen molar-refractivity contribution in [1.82, 2.24) is 5.32 Å². The minimum absolute atomic E-state index is 0.0827. The number of carbonyl (C=O) groups excluding carboxylic acids is 1. The molecule has 0 spiro atoms. The smallest absolute Gasteiger partial charge is 0.220 e. The van der Waals surface area contributed by atoms with Crippen LogP contribution >= 0.6 is 0 Å². The summed E-state index contributed by atoms with van der Waals surface area (Å²) in [4.78, 5) is 12.3. The van der Waals surface area contributed by atoms with Gasteiger partial charge in [0.2, 0.25) is 5.91 Å². The van der Waals surface area contributed by atoms with Gasteiger partial charge < -0.3 is 15.5 Å². The molecule has 0 aliphatic heterocycles. The molecule has 0 radical (unpaired) electrons. The third-order valence-electron chi connectivity index (χ3n) is 7.85. The number of amides is 1. The van der Waals surface area contributed by atoms with Crippen molar-refractivity contribution in [2.24, 2.45) is 0 Å². The number of unbranched alkanes of at least 4 members (excludes halogenated alkanes) is 20. The van der Waals surface area contributed by atoms with Gasteiger partial charge in [-0.2, -0.15) is 0 Å². The number of hydrogen-bond donors (Lipinski definition) is 3. The molecule has 3 N–H and O–H groups in total. The highest BCUT2D eigenvalue weighted by molar-refractivity contribution is 5.76. The normalized spacial score (nSPS) is 13.6. The second-order valence-electron chi connectivity index (χ2n) is 11.9. The fraction of sp³-hybridized carbons (Fsp3) is 0.811. The van der Waals surface area contributed by atoms with Gasteiger partial charge in [-0.05, 0) is 57.8 Å². The minimum atomic E-state index is -0.859. The standard InChI is InChI=1S/C37H69NO3/c1-3-5-7-9-11-13-14-15-16-17-18-19-20-21-22-23-25-27-29-31-33-37(41)38-35(34-39)36(40)32-30-28-26-24-12-10-8-6-4-2/h12,18-19,24,30,32,35-36,39-40H,3-11,13-17,20-23,25-29,31,33-34H2,1-2H3,(H,38,41)/b19-18-,24-12+,32-30+. The predicted octanol–water partition coefficient (Wildman–Crippen LogP) is 10.3. The van der Waals surface area contributed by atoms with Crippen LogP contribution < -0.4 is 5.32 Å². The molecule has 0 bridgehead atoms. The average molecular weight is 576 g/mol. The van der Waals surface area contributed by atoms with Crippen LogP contribution in [0.15, 0.2) is 36.5 Å². The summed E-state index contributed by atoms with van der Waals surface area (Å²) in [7, 11) is 0. The highest BCUT2D eigenvalue weighted by Gasteiger charge is 2.17. The number of rotatable bonds is 31. The van der Waals surface area contributed by atoms with Crippen LogP contribution in [0.2, 0.25) is 0 Å². The van der Waals surface area contributed by atoms with Gasteiger partial charge in [-0.1, -0.05) is 147 Å². The maximum absolute atomic E-state index is 12.3. The third-order valence-corrected chi connectivity index (χ3v) is 7.85. The van der Waals surface area contributed by atoms with Crippen LogP contribution in [0.25, 0.3) is 0 Å². The van der Waals surface area contributed by atoms with E-state index >= 15 is 0 Å². The van der Waals surface area contributed by atoms with Gasteiger partial charge >= 0.3 is 0 Å². The molecular weight excluding hydrogens is 506 g/mol. The van der Waals surface area contributed by atoms with Crippen molar-refractivity contribution >= 4 is 5.91 Å². The van der Waals surface area contributed by atoms with Gasteiger partial charge in [-0.25, -0.2) is 0 Å². The lowest BCUT2D eigenvalue weighted by molar-refractivity contribution is -0.123. The van der Waals surface area contributed by atoms with Crippen molar-refractivity contribution in [3.05, 3.63) is 36.5 Å². The van der Waals surface area contributed by atoms with E-state index in [1.807, 2.05) is 6.08 Å². The number of allylic oxidation sites excluding steroid dienone is 5. The van der Waals surface area contributed by atoms with Crippen LogP contribution in [0.1, 0.15) is 174 Å². The molecule has 2 unspecified atom stereocenters. The average Bonchev–Trinajstić information content (AvgIpc) is 2.97. The maximum Gasteiger partial charge on any atom is 0.220 e. The Morgan fingerprint density at radius 1 is 0.561 bits per heavy atom. The second kappa shape index (κ2) is 33.1. The van der Waals surface area contributed by atoms with E-state index in [0.717, 1.165) is 32.1 Å². The van der Waals surface area contributed by atoms with Crippen molar-refractivity contribution in [3.63, 3.8) is 0 Å². The van der Waals surface area contributed by atoms with E-state index in [2.05, 4.69) is 43.5 Å². The molecule has 0 heterocycles. The van der Waals surface area contributed by atoms with Gasteiger partial charge in [-0.15, -0.1) is 0 Å². The van der Waals surface area contributed by atoms with Crippen LogP contribution in [0.3, 0.4) is 0 Å². The van der Waals surface area contributed by atoms with E-state index in [0.29, 0.717) is 6.42 Å². The monoisotopic (exact) mass is 576 g/mol. The molecule has 0 aromatic heterocycles. The first-order chi connectivity index (χ1) is 20.2. The first-order valence-corrected chi connectivity index (χ1v) is 17.7. The van der Waals surface area contributed by atoms with E-state index in [1.165, 1.54) is 122 Å². The summed E-state index contributed by atoms with van der Waals surface area (Å²) in [6, 6.07) is -0.637. The summed E-state index contributed by atoms with van der Waals surface area (Å²) in [5.41, 5.74) is 0. The zero-order chi connectivity index (χ0) is 30.1. The molecule has 0 aromatic carbocycles. The van der Waals surface area contributed by atoms with E-state index < -0.39 is 12.1 Å². The van der Waals surface area contributed by atoms with Crippen LogP contribution in [0.4, 0.5) is 0 Å². The second-order valence-corrected chi connectivity index (χ2v) is 11.9. The third kappa shape index (κ3) is 29.9. The van der Waals surface area contributed by atoms with E-state index in [9.17, 15) is 15.0 Å². The first-order valence-electron chi connectivity index (χ1n) is 17.7. The lowest BCUT2D eigenvalue weighted by atomic mass is 10.1. The molecule has 1 amide bonds. The van der Waals surface area contributed by atoms with Crippen molar-refractivity contribution in [3.8, 4) is 0 Å².